The fraction of sp³-hybridized carbons (Fsp3) is 0.265. The first-order valence-corrected chi connectivity index (χ1v) is 18.2. The van der Waals surface area contributed by atoms with Crippen LogP contribution in [0.25, 0.3) is 6.08 Å². The highest BCUT2D eigenvalue weighted by Gasteiger charge is 2.34. The largest absolute Gasteiger partial charge is 0.493 e. The Labute approximate surface area is 306 Å². The summed E-state index contributed by atoms with van der Waals surface area (Å²) in [5, 5.41) is 0. The van der Waals surface area contributed by atoms with Gasteiger partial charge in [0.1, 0.15) is 12.4 Å². The van der Waals surface area contributed by atoms with Gasteiger partial charge in [-0.25, -0.2) is 9.79 Å². The second-order valence-electron chi connectivity index (χ2n) is 10.6. The predicted molar refractivity (Wildman–Crippen MR) is 200 cm³/mol. The molecule has 0 radical (unpaired) electrons. The molecule has 0 bridgehead atoms. The maximum Gasteiger partial charge on any atom is 0.338 e. The molecule has 0 saturated carbocycles. The molecule has 240 valence electrons. The lowest BCUT2D eigenvalue weighted by molar-refractivity contribution is -0.139. The van der Waals surface area contributed by atoms with Gasteiger partial charge in [0.2, 0.25) is 0 Å². The van der Waals surface area contributed by atoms with E-state index < -0.39 is 12.0 Å². The number of hydrogen-bond acceptors (Lipinski definition) is 8. The number of carbonyl (C=O) groups excluding carboxylic acids is 1. The number of rotatable bonds is 10. The topological polar surface area (TPSA) is 88.4 Å². The Hall–Kier alpha value is -2.69. The van der Waals surface area contributed by atoms with Crippen molar-refractivity contribution in [1.29, 1.82) is 0 Å². The van der Waals surface area contributed by atoms with Gasteiger partial charge in [0, 0.05) is 4.47 Å². The lowest BCUT2D eigenvalue weighted by Gasteiger charge is -2.25. The Bertz CT molecular complexity index is 1980. The van der Waals surface area contributed by atoms with E-state index in [-0.39, 0.29) is 18.3 Å². The average Bonchev–Trinajstić information content (AvgIpc) is 3.30. The lowest BCUT2D eigenvalue weighted by atomic mass is 9.95. The number of benzene rings is 3. The van der Waals surface area contributed by atoms with Gasteiger partial charge in [-0.1, -0.05) is 45.5 Å². The number of fused-ring (bicyclic) bond motifs is 1. The quantitative estimate of drug-likeness (QED) is 0.124. The molecule has 1 aliphatic rings. The molecule has 5 rings (SSSR count). The zero-order valence-electron chi connectivity index (χ0n) is 25.7. The standard InChI is InChI=1S/C34H31BrI2N2O6S/c1-6-43-33(41)29-19(4)38-34-39(30(29)22-9-12-26(45-18(2)3)27(16-22)42-5)32(40)28(46-34)15-21-13-24(36)31(25(37)14-21)44-17-20-7-10-23(35)11-8-20/h7-16,18,30H,6,17H2,1-5H3/b28-15-/t30-/m0/s1. The Morgan fingerprint density at radius 3 is 2.41 bits per heavy atom. The zero-order chi connectivity index (χ0) is 33.1. The molecule has 0 amide bonds. The molecule has 1 aromatic heterocycles. The van der Waals surface area contributed by atoms with Gasteiger partial charge in [0.25, 0.3) is 5.56 Å². The molecule has 0 saturated heterocycles. The van der Waals surface area contributed by atoms with Crippen LogP contribution in [-0.2, 0) is 16.1 Å². The molecule has 3 aromatic carbocycles. The van der Waals surface area contributed by atoms with Gasteiger partial charge in [-0.3, -0.25) is 9.36 Å². The van der Waals surface area contributed by atoms with E-state index in [2.05, 4.69) is 61.1 Å². The van der Waals surface area contributed by atoms with Gasteiger partial charge >= 0.3 is 5.97 Å². The van der Waals surface area contributed by atoms with Crippen LogP contribution in [0, 0.1) is 7.14 Å². The SMILES string of the molecule is CCOC(=O)C1=C(C)N=c2s/c(=C\c3cc(I)c(OCc4ccc(Br)cc4)c(I)c3)c(=O)n2[C@H]1c1ccc(OC(C)C)c(OC)c1. The van der Waals surface area contributed by atoms with Crippen LogP contribution in [0.5, 0.6) is 17.2 Å². The first kappa shape index (κ1) is 34.6. The van der Waals surface area contributed by atoms with E-state index in [1.165, 1.54) is 11.3 Å². The van der Waals surface area contributed by atoms with Crippen LogP contribution in [0.3, 0.4) is 0 Å². The third-order valence-electron chi connectivity index (χ3n) is 7.00. The van der Waals surface area contributed by atoms with Crippen molar-refractivity contribution in [2.45, 2.75) is 46.4 Å². The first-order valence-electron chi connectivity index (χ1n) is 14.4. The van der Waals surface area contributed by atoms with Crippen molar-refractivity contribution in [2.24, 2.45) is 4.99 Å². The number of aromatic nitrogens is 1. The molecule has 0 spiro atoms. The van der Waals surface area contributed by atoms with E-state index >= 15 is 0 Å². The molecule has 0 N–H and O–H groups in total. The van der Waals surface area contributed by atoms with Gasteiger partial charge in [-0.15, -0.1) is 0 Å². The van der Waals surface area contributed by atoms with Crippen LogP contribution >= 0.6 is 72.4 Å². The minimum Gasteiger partial charge on any atom is -0.493 e. The average molecular weight is 929 g/mol. The molecule has 2 heterocycles. The number of methoxy groups -OCH3 is 1. The summed E-state index contributed by atoms with van der Waals surface area (Å²) >= 11 is 9.26. The van der Waals surface area contributed by atoms with Crippen LogP contribution in [0.4, 0.5) is 0 Å². The van der Waals surface area contributed by atoms with Crippen LogP contribution < -0.4 is 29.1 Å². The van der Waals surface area contributed by atoms with E-state index in [0.717, 1.165) is 28.5 Å². The minimum absolute atomic E-state index is 0.0621. The molecule has 0 fully saturated rings. The maximum atomic E-state index is 14.1. The number of ether oxygens (including phenoxy) is 4. The van der Waals surface area contributed by atoms with Gasteiger partial charge in [-0.05, 0) is 132 Å². The Morgan fingerprint density at radius 1 is 1.09 bits per heavy atom. The molecule has 8 nitrogen and oxygen atoms in total. The lowest BCUT2D eigenvalue weighted by Crippen LogP contribution is -2.40. The molecule has 1 aliphatic heterocycles. The monoisotopic (exact) mass is 928 g/mol. The summed E-state index contributed by atoms with van der Waals surface area (Å²) in [6, 6.07) is 16.7. The first-order chi connectivity index (χ1) is 22.0. The number of hydrogen-bond donors (Lipinski definition) is 0. The van der Waals surface area contributed by atoms with Crippen molar-refractivity contribution in [3.8, 4) is 17.2 Å². The van der Waals surface area contributed by atoms with E-state index in [4.69, 9.17) is 23.9 Å². The highest BCUT2D eigenvalue weighted by Crippen LogP contribution is 2.37. The Morgan fingerprint density at radius 2 is 1.78 bits per heavy atom. The van der Waals surface area contributed by atoms with Crippen molar-refractivity contribution in [2.75, 3.05) is 13.7 Å². The Balaban J connectivity index is 1.57. The summed E-state index contributed by atoms with van der Waals surface area (Å²) in [5.41, 5.74) is 3.13. The highest BCUT2D eigenvalue weighted by atomic mass is 127. The van der Waals surface area contributed by atoms with Gasteiger partial charge in [0.05, 0.1) is 48.8 Å². The van der Waals surface area contributed by atoms with Crippen LogP contribution in [0.15, 0.2) is 80.1 Å². The van der Waals surface area contributed by atoms with E-state index in [9.17, 15) is 9.59 Å². The second-order valence-corrected chi connectivity index (χ2v) is 14.9. The maximum absolute atomic E-state index is 14.1. The molecular weight excluding hydrogens is 898 g/mol. The number of nitrogens with zero attached hydrogens (tertiary/aromatic N) is 2. The Kier molecular flexibility index (Phi) is 11.3. The summed E-state index contributed by atoms with van der Waals surface area (Å²) < 4.78 is 28.1. The van der Waals surface area contributed by atoms with Crippen molar-refractivity contribution in [3.63, 3.8) is 0 Å². The third kappa shape index (κ3) is 7.55. The van der Waals surface area contributed by atoms with Crippen LogP contribution in [0.2, 0.25) is 0 Å². The summed E-state index contributed by atoms with van der Waals surface area (Å²) in [6.07, 6.45) is 1.79. The molecule has 4 aromatic rings. The normalized spacial score (nSPS) is 14.6. The van der Waals surface area contributed by atoms with Crippen molar-refractivity contribution in [3.05, 3.63) is 114 Å². The predicted octanol–water partition coefficient (Wildman–Crippen LogP) is 7.14. The van der Waals surface area contributed by atoms with Crippen molar-refractivity contribution < 1.29 is 23.7 Å². The molecule has 12 heteroatoms. The van der Waals surface area contributed by atoms with E-state index in [0.29, 0.717) is 44.3 Å². The van der Waals surface area contributed by atoms with Crippen molar-refractivity contribution in [1.82, 2.24) is 4.57 Å². The molecule has 46 heavy (non-hydrogen) atoms. The molecular formula is C34H31BrI2N2O6S. The van der Waals surface area contributed by atoms with Gasteiger partial charge in [-0.2, -0.15) is 0 Å². The van der Waals surface area contributed by atoms with Crippen LogP contribution in [0.1, 0.15) is 50.4 Å². The highest BCUT2D eigenvalue weighted by molar-refractivity contribution is 14.1. The summed E-state index contributed by atoms with van der Waals surface area (Å²) in [5.74, 6) is 1.34. The summed E-state index contributed by atoms with van der Waals surface area (Å²) in [7, 11) is 1.56. The second kappa shape index (κ2) is 15.0. The molecule has 0 unspecified atom stereocenters. The fourth-order valence-electron chi connectivity index (χ4n) is 5.00. The molecule has 0 aliphatic carbocycles. The van der Waals surface area contributed by atoms with E-state index in [1.54, 1.807) is 37.7 Å². The molecule has 1 atom stereocenters. The smallest absolute Gasteiger partial charge is 0.338 e. The number of thiazole rings is 1. The fourth-order valence-corrected chi connectivity index (χ4v) is 8.44. The number of halogens is 3. The van der Waals surface area contributed by atoms with Gasteiger partial charge in [0.15, 0.2) is 16.3 Å². The number of allylic oxidation sites excluding steroid dienone is 1. The van der Waals surface area contributed by atoms with Crippen LogP contribution in [-0.4, -0.2) is 30.4 Å². The minimum atomic E-state index is -0.769. The summed E-state index contributed by atoms with van der Waals surface area (Å²) in [4.78, 5) is 32.6. The van der Waals surface area contributed by atoms with E-state index in [1.807, 2.05) is 62.4 Å². The summed E-state index contributed by atoms with van der Waals surface area (Å²) in [6.45, 7) is 8.01. The van der Waals surface area contributed by atoms with Crippen molar-refractivity contribution >= 4 is 84.5 Å². The third-order valence-corrected chi connectivity index (χ3v) is 10.1. The number of esters is 1. The number of carbonyl (C=O) groups is 1. The zero-order valence-corrected chi connectivity index (χ0v) is 32.4. The van der Waals surface area contributed by atoms with Gasteiger partial charge < -0.3 is 18.9 Å².